The van der Waals surface area contributed by atoms with Crippen LogP contribution in [-0.2, 0) is 22.4 Å². The molecule has 0 fully saturated rings. The second-order valence-electron chi connectivity index (χ2n) is 11.2. The number of rotatable bonds is 10. The number of amides is 3. The lowest BCUT2D eigenvalue weighted by atomic mass is 9.88. The first-order chi connectivity index (χ1) is 22.6. The number of nitrogens with one attached hydrogen (secondary N) is 3. The van der Waals surface area contributed by atoms with E-state index in [2.05, 4.69) is 28.9 Å². The number of benzene rings is 3. The van der Waals surface area contributed by atoms with Crippen LogP contribution in [0.1, 0.15) is 58.6 Å². The third kappa shape index (κ3) is 8.65. The van der Waals surface area contributed by atoms with Gasteiger partial charge in [-0.2, -0.15) is 5.26 Å². The van der Waals surface area contributed by atoms with Crippen LogP contribution in [0.15, 0.2) is 83.4 Å². The Labute approximate surface area is 292 Å². The maximum atomic E-state index is 13.6. The van der Waals surface area contributed by atoms with Gasteiger partial charge in [-0.05, 0) is 91.3 Å². The highest BCUT2D eigenvalue weighted by Crippen LogP contribution is 2.40. The van der Waals surface area contributed by atoms with Gasteiger partial charge in [-0.3, -0.25) is 14.4 Å². The number of anilines is 2. The zero-order valence-electron chi connectivity index (χ0n) is 25.7. The van der Waals surface area contributed by atoms with Gasteiger partial charge in [0.1, 0.15) is 16.8 Å². The molecule has 1 aromatic heterocycles. The van der Waals surface area contributed by atoms with Crippen molar-refractivity contribution < 1.29 is 14.4 Å². The summed E-state index contributed by atoms with van der Waals surface area (Å²) in [7, 11) is 0. The summed E-state index contributed by atoms with van der Waals surface area (Å²) in [4.78, 5) is 42.0. The summed E-state index contributed by atoms with van der Waals surface area (Å²) in [5.74, 6) is -0.639. The molecule has 0 bridgehead atoms. The molecule has 0 saturated carbocycles. The van der Waals surface area contributed by atoms with Crippen molar-refractivity contribution in [3.05, 3.63) is 116 Å². The highest BCUT2D eigenvalue weighted by Gasteiger charge is 2.27. The molecule has 7 nitrogen and oxygen atoms in total. The van der Waals surface area contributed by atoms with E-state index in [1.54, 1.807) is 66.7 Å². The molecule has 3 amide bonds. The fourth-order valence-corrected chi connectivity index (χ4v) is 8.04. The monoisotopic (exact) mass is 702 g/mol. The predicted octanol–water partition coefficient (Wildman–Crippen LogP) is 8.97. The summed E-state index contributed by atoms with van der Waals surface area (Å²) >= 11 is 15.3. The lowest BCUT2D eigenvalue weighted by Crippen LogP contribution is -2.30. The van der Waals surface area contributed by atoms with E-state index in [9.17, 15) is 19.6 Å². The number of carbonyl (C=O) groups is 3. The Hall–Kier alpha value is -4.07. The van der Waals surface area contributed by atoms with Gasteiger partial charge in [0, 0.05) is 31.1 Å². The first kappa shape index (κ1) is 34.3. The molecule has 0 spiro atoms. The topological polar surface area (TPSA) is 111 Å². The third-order valence-electron chi connectivity index (χ3n) is 7.68. The summed E-state index contributed by atoms with van der Waals surface area (Å²) in [6, 6.07) is 22.9. The number of nitrogens with zero attached hydrogens (tertiary/aromatic N) is 1. The van der Waals surface area contributed by atoms with Crippen LogP contribution in [0.5, 0.6) is 0 Å². The summed E-state index contributed by atoms with van der Waals surface area (Å²) in [6.07, 6.45) is 4.86. The van der Waals surface area contributed by atoms with Gasteiger partial charge < -0.3 is 16.0 Å². The number of thioether (sulfide) groups is 1. The van der Waals surface area contributed by atoms with Crippen molar-refractivity contribution in [3.8, 4) is 6.07 Å². The highest BCUT2D eigenvalue weighted by atomic mass is 35.5. The van der Waals surface area contributed by atoms with Gasteiger partial charge >= 0.3 is 0 Å². The second kappa shape index (κ2) is 15.7. The van der Waals surface area contributed by atoms with Gasteiger partial charge in [0.25, 0.3) is 11.8 Å². The number of hydrogen-bond acceptors (Lipinski definition) is 6. The van der Waals surface area contributed by atoms with Gasteiger partial charge in [0.05, 0.1) is 10.8 Å². The largest absolute Gasteiger partial charge is 0.321 e. The van der Waals surface area contributed by atoms with Gasteiger partial charge in [-0.25, -0.2) is 0 Å². The first-order valence-electron chi connectivity index (χ1n) is 15.1. The fourth-order valence-electron chi connectivity index (χ4n) is 5.20. The minimum Gasteiger partial charge on any atom is -0.321 e. The Balaban J connectivity index is 1.32. The molecular weight excluding hydrogens is 671 g/mol. The lowest BCUT2D eigenvalue weighted by Gasteiger charge is -2.17. The zero-order valence-corrected chi connectivity index (χ0v) is 28.9. The second-order valence-corrected chi connectivity index (χ2v) is 14.4. The zero-order chi connectivity index (χ0) is 33.5. The Morgan fingerprint density at radius 2 is 1.85 bits per heavy atom. The number of thiophene rings is 1. The van der Waals surface area contributed by atoms with Crippen LogP contribution < -0.4 is 16.0 Å². The van der Waals surface area contributed by atoms with E-state index in [1.807, 2.05) is 13.0 Å². The molecule has 47 heavy (non-hydrogen) atoms. The Kier molecular flexibility index (Phi) is 11.4. The Bertz CT molecular complexity index is 1880. The predicted molar refractivity (Wildman–Crippen MR) is 192 cm³/mol. The van der Waals surface area contributed by atoms with Crippen molar-refractivity contribution in [3.63, 3.8) is 0 Å². The van der Waals surface area contributed by atoms with Crippen molar-refractivity contribution in [2.45, 2.75) is 49.7 Å². The SMILES string of the molecule is CCC(Sc1cccc(NC(=O)/C(=C\c2ccc(Cl)cc2Cl)NC(=O)c2ccccc2)c1)C(=O)Nc1sc2c(c1C#N)CCC(C)C2. The quantitative estimate of drug-likeness (QED) is 0.113. The maximum absolute atomic E-state index is 13.6. The maximum Gasteiger partial charge on any atom is 0.272 e. The first-order valence-corrected chi connectivity index (χ1v) is 17.6. The van der Waals surface area contributed by atoms with Crippen molar-refractivity contribution in [2.24, 2.45) is 5.92 Å². The minimum atomic E-state index is -0.563. The van der Waals surface area contributed by atoms with Crippen LogP contribution in [0, 0.1) is 17.2 Å². The summed E-state index contributed by atoms with van der Waals surface area (Å²) < 4.78 is 0. The average Bonchev–Trinajstić information content (AvgIpc) is 3.40. The molecule has 5 rings (SSSR count). The van der Waals surface area contributed by atoms with Crippen LogP contribution in [0.4, 0.5) is 10.7 Å². The van der Waals surface area contributed by atoms with E-state index in [0.29, 0.717) is 49.8 Å². The molecular formula is C36H32Cl2N4O3S2. The van der Waals surface area contributed by atoms with E-state index in [4.69, 9.17) is 23.2 Å². The van der Waals surface area contributed by atoms with E-state index in [1.165, 1.54) is 34.1 Å². The van der Waals surface area contributed by atoms with Gasteiger partial charge in [-0.15, -0.1) is 23.1 Å². The van der Waals surface area contributed by atoms with Gasteiger partial charge in [0.15, 0.2) is 0 Å². The van der Waals surface area contributed by atoms with Crippen molar-refractivity contribution in [1.82, 2.24) is 5.32 Å². The summed E-state index contributed by atoms with van der Waals surface area (Å²) in [5.41, 5.74) is 2.99. The highest BCUT2D eigenvalue weighted by molar-refractivity contribution is 8.00. The molecule has 2 unspecified atom stereocenters. The van der Waals surface area contributed by atoms with Crippen LogP contribution in [0.2, 0.25) is 10.0 Å². The normalized spacial score (nSPS) is 14.8. The molecule has 0 saturated heterocycles. The molecule has 1 heterocycles. The number of hydrogen-bond donors (Lipinski definition) is 3. The number of halogens is 2. The third-order valence-corrected chi connectivity index (χ3v) is 10.8. The molecule has 4 aromatic rings. The summed E-state index contributed by atoms with van der Waals surface area (Å²) in [6.45, 7) is 4.14. The fraction of sp³-hybridized carbons (Fsp3) is 0.222. The van der Waals surface area contributed by atoms with Crippen molar-refractivity contribution >= 4 is 80.8 Å². The molecule has 240 valence electrons. The molecule has 0 radical (unpaired) electrons. The van der Waals surface area contributed by atoms with Crippen molar-refractivity contribution in [1.29, 1.82) is 5.26 Å². The number of nitriles is 1. The van der Waals surface area contributed by atoms with Gasteiger partial charge in [0.2, 0.25) is 5.91 Å². The van der Waals surface area contributed by atoms with E-state index in [0.717, 1.165) is 29.7 Å². The van der Waals surface area contributed by atoms with Crippen molar-refractivity contribution in [2.75, 3.05) is 10.6 Å². The van der Waals surface area contributed by atoms with E-state index >= 15 is 0 Å². The minimum absolute atomic E-state index is 0.0201. The molecule has 1 aliphatic rings. The Morgan fingerprint density at radius 3 is 2.57 bits per heavy atom. The number of fused-ring (bicyclic) bond motifs is 1. The van der Waals surface area contributed by atoms with Crippen LogP contribution in [0.3, 0.4) is 0 Å². The Morgan fingerprint density at radius 1 is 1.06 bits per heavy atom. The smallest absolute Gasteiger partial charge is 0.272 e. The van der Waals surface area contributed by atoms with Gasteiger partial charge in [-0.1, -0.05) is 67.4 Å². The molecule has 3 N–H and O–H groups in total. The molecule has 1 aliphatic carbocycles. The molecule has 3 aromatic carbocycles. The average molecular weight is 704 g/mol. The van der Waals surface area contributed by atoms with Crippen LogP contribution in [-0.4, -0.2) is 23.0 Å². The molecule has 11 heteroatoms. The van der Waals surface area contributed by atoms with E-state index in [-0.39, 0.29) is 11.6 Å². The van der Waals surface area contributed by atoms with Crippen LogP contribution in [0.25, 0.3) is 6.08 Å². The molecule has 0 aliphatic heterocycles. The number of carbonyl (C=O) groups excluding carboxylic acids is 3. The van der Waals surface area contributed by atoms with Crippen LogP contribution >= 0.6 is 46.3 Å². The molecule has 2 atom stereocenters. The summed E-state index contributed by atoms with van der Waals surface area (Å²) in [5, 5.41) is 19.4. The van der Waals surface area contributed by atoms with E-state index < -0.39 is 17.1 Å². The standard InChI is InChI=1S/C36H32Cl2N4O3S2/c1-3-31(35(45)42-36-28(20-39)27-15-12-21(2)16-32(27)47-36)46-26-11-7-10-25(19-26)40-34(44)30(17-23-13-14-24(37)18-29(23)38)41-33(43)22-8-5-4-6-9-22/h4-11,13-14,17-19,21,31H,3,12,15-16H2,1-2H3,(H,40,44)(H,41,43)(H,42,45)/b30-17+. The lowest BCUT2D eigenvalue weighted by molar-refractivity contribution is -0.116.